The van der Waals surface area contributed by atoms with Crippen LogP contribution in [0.25, 0.3) is 10.9 Å². The van der Waals surface area contributed by atoms with E-state index < -0.39 is 6.04 Å². The van der Waals surface area contributed by atoms with Gasteiger partial charge in [0.15, 0.2) is 0 Å². The number of hydrogen-bond donors (Lipinski definition) is 2. The number of fused-ring (bicyclic) bond motifs is 2. The lowest BCUT2D eigenvalue weighted by Gasteiger charge is -2.17. The van der Waals surface area contributed by atoms with E-state index in [4.69, 9.17) is 0 Å². The molecule has 3 rings (SSSR count). The molecule has 27 heavy (non-hydrogen) atoms. The minimum atomic E-state index is -0.637. The van der Waals surface area contributed by atoms with E-state index in [1.807, 2.05) is 6.92 Å². The summed E-state index contributed by atoms with van der Waals surface area (Å²) < 4.78 is 1.78. The molecule has 144 valence electrons. The summed E-state index contributed by atoms with van der Waals surface area (Å²) in [6, 6.07) is 4.27. The fourth-order valence-corrected chi connectivity index (χ4v) is 3.41. The summed E-state index contributed by atoms with van der Waals surface area (Å²) in [5.41, 5.74) is 0.881. The molecule has 1 aromatic heterocycles. The van der Waals surface area contributed by atoms with Gasteiger partial charge in [0.25, 0.3) is 11.5 Å². The van der Waals surface area contributed by atoms with Crippen molar-refractivity contribution < 1.29 is 9.59 Å². The van der Waals surface area contributed by atoms with E-state index in [2.05, 4.69) is 15.6 Å². The van der Waals surface area contributed by atoms with Crippen molar-refractivity contribution in [3.63, 3.8) is 0 Å². The number of rotatable bonds is 4. The highest BCUT2D eigenvalue weighted by atomic mass is 16.2. The minimum Gasteiger partial charge on any atom is -0.355 e. The zero-order valence-electron chi connectivity index (χ0n) is 15.9. The van der Waals surface area contributed by atoms with Crippen LogP contribution in [0.15, 0.2) is 23.0 Å². The second-order valence-corrected chi connectivity index (χ2v) is 6.97. The summed E-state index contributed by atoms with van der Waals surface area (Å²) >= 11 is 0. The maximum absolute atomic E-state index is 12.8. The Morgan fingerprint density at radius 2 is 2.00 bits per heavy atom. The van der Waals surface area contributed by atoms with E-state index in [0.717, 1.165) is 37.9 Å². The minimum absolute atomic E-state index is 0.0421. The maximum atomic E-state index is 12.8. The number of hydrogen-bond acceptors (Lipinski definition) is 4. The van der Waals surface area contributed by atoms with Gasteiger partial charge in [-0.2, -0.15) is 0 Å². The lowest BCUT2D eigenvalue weighted by atomic mass is 10.1. The molecule has 2 aromatic rings. The van der Waals surface area contributed by atoms with E-state index in [9.17, 15) is 14.4 Å². The van der Waals surface area contributed by atoms with Crippen molar-refractivity contribution in [2.75, 3.05) is 6.54 Å². The standard InChI is InChI=1S/C20H26N4O3/c1-3-21-18(25)13(2)22-19(26)14-9-10-15-16(12-14)23-17-8-6-4-5-7-11-24(17)20(15)27/h9-10,12-13H,3-8,11H2,1-2H3,(H,21,25)(H,22,26)/t13-/m1/s1. The first kappa shape index (κ1) is 19.1. The Labute approximate surface area is 158 Å². The highest BCUT2D eigenvalue weighted by Crippen LogP contribution is 2.16. The molecule has 7 nitrogen and oxygen atoms in total. The molecule has 2 N–H and O–H groups in total. The number of benzene rings is 1. The van der Waals surface area contributed by atoms with Gasteiger partial charge in [-0.15, -0.1) is 0 Å². The van der Waals surface area contributed by atoms with Gasteiger partial charge in [0, 0.05) is 25.1 Å². The van der Waals surface area contributed by atoms with Crippen LogP contribution < -0.4 is 16.2 Å². The van der Waals surface area contributed by atoms with E-state index in [1.54, 1.807) is 29.7 Å². The summed E-state index contributed by atoms with van der Waals surface area (Å²) in [4.78, 5) is 41.8. The third kappa shape index (κ3) is 4.18. The number of carbonyl (C=O) groups is 2. The van der Waals surface area contributed by atoms with Crippen LogP contribution in [0.3, 0.4) is 0 Å². The molecule has 1 aliphatic rings. The second kappa shape index (κ2) is 8.33. The van der Waals surface area contributed by atoms with Gasteiger partial charge in [-0.3, -0.25) is 19.0 Å². The second-order valence-electron chi connectivity index (χ2n) is 6.97. The van der Waals surface area contributed by atoms with Crippen molar-refractivity contribution in [1.29, 1.82) is 0 Å². The van der Waals surface area contributed by atoms with Crippen LogP contribution >= 0.6 is 0 Å². The zero-order chi connectivity index (χ0) is 19.4. The van der Waals surface area contributed by atoms with Gasteiger partial charge in [-0.25, -0.2) is 4.98 Å². The molecule has 2 amide bonds. The first-order chi connectivity index (χ1) is 13.0. The quantitative estimate of drug-likeness (QED) is 0.858. The van der Waals surface area contributed by atoms with Crippen molar-refractivity contribution in [3.05, 3.63) is 39.9 Å². The molecule has 0 bridgehead atoms. The Bertz CT molecular complexity index is 919. The van der Waals surface area contributed by atoms with Gasteiger partial charge in [0.2, 0.25) is 5.91 Å². The largest absolute Gasteiger partial charge is 0.355 e. The lowest BCUT2D eigenvalue weighted by molar-refractivity contribution is -0.122. The number of amides is 2. The van der Waals surface area contributed by atoms with Crippen molar-refractivity contribution >= 4 is 22.7 Å². The average molecular weight is 370 g/mol. The summed E-state index contributed by atoms with van der Waals surface area (Å²) in [5.74, 6) is 0.203. The van der Waals surface area contributed by atoms with Crippen molar-refractivity contribution in [1.82, 2.24) is 20.2 Å². The molecule has 1 atom stereocenters. The van der Waals surface area contributed by atoms with E-state index in [-0.39, 0.29) is 17.4 Å². The Kier molecular flexibility index (Phi) is 5.88. The van der Waals surface area contributed by atoms with Crippen molar-refractivity contribution in [2.24, 2.45) is 0 Å². The molecule has 2 heterocycles. The molecule has 0 spiro atoms. The molecule has 0 saturated heterocycles. The molecular formula is C20H26N4O3. The van der Waals surface area contributed by atoms with Gasteiger partial charge < -0.3 is 10.6 Å². The Hall–Kier alpha value is -2.70. The number of nitrogens with one attached hydrogen (secondary N) is 2. The Morgan fingerprint density at radius 1 is 1.22 bits per heavy atom. The molecule has 0 radical (unpaired) electrons. The highest BCUT2D eigenvalue weighted by Gasteiger charge is 2.18. The van der Waals surface area contributed by atoms with Crippen molar-refractivity contribution in [2.45, 2.75) is 58.5 Å². The Morgan fingerprint density at radius 3 is 2.78 bits per heavy atom. The van der Waals surface area contributed by atoms with Gasteiger partial charge in [-0.1, -0.05) is 12.8 Å². The molecule has 7 heteroatoms. The SMILES string of the molecule is CCNC(=O)[C@@H](C)NC(=O)c1ccc2c(=O)n3c(nc2c1)CCCCCC3. The van der Waals surface area contributed by atoms with Gasteiger partial charge in [-0.05, 0) is 44.9 Å². The molecule has 0 saturated carbocycles. The predicted molar refractivity (Wildman–Crippen MR) is 104 cm³/mol. The fourth-order valence-electron chi connectivity index (χ4n) is 3.41. The molecule has 0 unspecified atom stereocenters. The molecule has 1 aliphatic heterocycles. The Balaban J connectivity index is 1.90. The van der Waals surface area contributed by atoms with Gasteiger partial charge in [0.05, 0.1) is 10.9 Å². The van der Waals surface area contributed by atoms with Crippen molar-refractivity contribution in [3.8, 4) is 0 Å². The third-order valence-corrected chi connectivity index (χ3v) is 4.92. The monoisotopic (exact) mass is 370 g/mol. The first-order valence-corrected chi connectivity index (χ1v) is 9.63. The summed E-state index contributed by atoms with van der Waals surface area (Å²) in [5, 5.41) is 5.87. The summed E-state index contributed by atoms with van der Waals surface area (Å²) in [6.07, 6.45) is 5.05. The van der Waals surface area contributed by atoms with Crippen LogP contribution in [-0.4, -0.2) is 34.0 Å². The smallest absolute Gasteiger partial charge is 0.261 e. The van der Waals surface area contributed by atoms with Gasteiger partial charge in [0.1, 0.15) is 11.9 Å². The third-order valence-electron chi connectivity index (χ3n) is 4.92. The van der Waals surface area contributed by atoms with Gasteiger partial charge >= 0.3 is 0 Å². The average Bonchev–Trinajstić information content (AvgIpc) is 2.63. The van der Waals surface area contributed by atoms with Crippen LogP contribution in [-0.2, 0) is 17.8 Å². The highest BCUT2D eigenvalue weighted by molar-refractivity contribution is 5.99. The number of carbonyl (C=O) groups excluding carboxylic acids is 2. The van der Waals surface area contributed by atoms with E-state index in [1.165, 1.54) is 0 Å². The zero-order valence-corrected chi connectivity index (χ0v) is 15.9. The number of aromatic nitrogens is 2. The van der Waals surface area contributed by atoms with Crippen LogP contribution in [0.1, 0.15) is 55.7 Å². The van der Waals surface area contributed by atoms with Crippen LogP contribution in [0.4, 0.5) is 0 Å². The summed E-state index contributed by atoms with van der Waals surface area (Å²) in [6.45, 7) is 4.67. The molecule has 1 aromatic carbocycles. The number of aryl methyl sites for hydroxylation is 1. The van der Waals surface area contributed by atoms with E-state index >= 15 is 0 Å². The topological polar surface area (TPSA) is 93.1 Å². The maximum Gasteiger partial charge on any atom is 0.261 e. The van der Waals surface area contributed by atoms with E-state index in [0.29, 0.717) is 29.6 Å². The lowest BCUT2D eigenvalue weighted by Crippen LogP contribution is -2.44. The molecular weight excluding hydrogens is 344 g/mol. The fraction of sp³-hybridized carbons (Fsp3) is 0.500. The first-order valence-electron chi connectivity index (χ1n) is 9.63. The molecule has 0 aliphatic carbocycles. The normalized spacial score (nSPS) is 15.3. The number of nitrogens with zero attached hydrogens (tertiary/aromatic N) is 2. The predicted octanol–water partition coefficient (Wildman–Crippen LogP) is 1.77. The molecule has 0 fully saturated rings. The van der Waals surface area contributed by atoms with Crippen LogP contribution in [0.2, 0.25) is 0 Å². The summed E-state index contributed by atoms with van der Waals surface area (Å²) in [7, 11) is 0. The van der Waals surface area contributed by atoms with Crippen LogP contribution in [0, 0.1) is 0 Å². The van der Waals surface area contributed by atoms with Crippen LogP contribution in [0.5, 0.6) is 0 Å². The number of likely N-dealkylation sites (N-methyl/N-ethyl adjacent to an activating group) is 1.